The molecular weight excluding hydrogens is 266 g/mol. The molecule has 19 heavy (non-hydrogen) atoms. The minimum atomic E-state index is -1.33. The second-order valence-electron chi connectivity index (χ2n) is 3.24. The normalized spacial score (nSPS) is 12.3. The van der Waals surface area contributed by atoms with Crippen LogP contribution in [0.15, 0.2) is 16.1 Å². The van der Waals surface area contributed by atoms with Crippen LogP contribution in [0, 0.1) is 30.3 Å². The maximum atomic E-state index is 10.9. The van der Waals surface area contributed by atoms with Gasteiger partial charge in [-0.05, 0) is 0 Å². The van der Waals surface area contributed by atoms with Crippen LogP contribution in [0.3, 0.4) is 0 Å². The van der Waals surface area contributed by atoms with Crippen LogP contribution in [0.5, 0.6) is 0 Å². The van der Waals surface area contributed by atoms with Gasteiger partial charge in [-0.1, -0.05) is 0 Å². The van der Waals surface area contributed by atoms with E-state index in [9.17, 15) is 35.1 Å². The molecule has 1 aliphatic heterocycles. The quantitative estimate of drug-likeness (QED) is 0.537. The highest BCUT2D eigenvalue weighted by atomic mass is 16.6. The largest absolute Gasteiger partial charge is 0.424 e. The third-order valence-electron chi connectivity index (χ3n) is 2.19. The zero-order valence-electron chi connectivity index (χ0n) is 8.67. The molecule has 0 unspecified atom stereocenters. The summed E-state index contributed by atoms with van der Waals surface area (Å²) in [5.41, 5.74) is -3.67. The Balaban J connectivity index is 3.07. The van der Waals surface area contributed by atoms with Crippen LogP contribution in [-0.4, -0.2) is 20.8 Å². The third kappa shape index (κ3) is 1.76. The lowest BCUT2D eigenvalue weighted by Crippen LogP contribution is -2.27. The van der Waals surface area contributed by atoms with Gasteiger partial charge >= 0.3 is 23.1 Å². The fourth-order valence-corrected chi connectivity index (χ4v) is 1.53. The Morgan fingerprint density at radius 2 is 1.47 bits per heavy atom. The lowest BCUT2D eigenvalue weighted by Gasteiger charge is -1.95. The van der Waals surface area contributed by atoms with Crippen molar-refractivity contribution >= 4 is 23.1 Å². The van der Waals surface area contributed by atoms with Gasteiger partial charge in [-0.2, -0.15) is 9.98 Å². The molecule has 96 valence electrons. The summed E-state index contributed by atoms with van der Waals surface area (Å²) < 4.78 is 0. The molecular formula is C7HN5O7. The van der Waals surface area contributed by atoms with E-state index >= 15 is 0 Å². The molecule has 0 aliphatic carbocycles. The number of amides is 2. The highest BCUT2D eigenvalue weighted by Crippen LogP contribution is 2.32. The van der Waals surface area contributed by atoms with Crippen molar-refractivity contribution in [3.8, 4) is 0 Å². The number of carbonyl (C=O) groups excluding carboxylic acids is 1. The zero-order chi connectivity index (χ0) is 14.3. The van der Waals surface area contributed by atoms with E-state index in [1.54, 1.807) is 0 Å². The van der Waals surface area contributed by atoms with E-state index in [0.29, 0.717) is 6.07 Å². The van der Waals surface area contributed by atoms with Crippen LogP contribution >= 0.6 is 0 Å². The molecule has 0 bridgehead atoms. The van der Waals surface area contributed by atoms with Crippen molar-refractivity contribution in [1.82, 2.24) is 0 Å². The Morgan fingerprint density at radius 1 is 0.895 bits per heavy atom. The Morgan fingerprint density at radius 3 is 1.95 bits per heavy atom. The van der Waals surface area contributed by atoms with Gasteiger partial charge in [-0.15, -0.1) is 0 Å². The molecule has 0 saturated carbocycles. The Hall–Kier alpha value is -3.31. The van der Waals surface area contributed by atoms with E-state index in [4.69, 9.17) is 0 Å². The number of hydrogen-bond donors (Lipinski definition) is 0. The predicted octanol–water partition coefficient (Wildman–Crippen LogP) is -0.216. The molecule has 1 aliphatic rings. The van der Waals surface area contributed by atoms with E-state index in [2.05, 4.69) is 9.98 Å². The lowest BCUT2D eigenvalue weighted by atomic mass is 10.2. The Bertz CT molecular complexity index is 782. The molecule has 0 fully saturated rings. The first-order valence-electron chi connectivity index (χ1n) is 4.44. The fraction of sp³-hybridized carbons (Fsp3) is 0. The Kier molecular flexibility index (Phi) is 2.47. The van der Waals surface area contributed by atoms with E-state index < -0.39 is 48.6 Å². The van der Waals surface area contributed by atoms with Gasteiger partial charge in [0.15, 0.2) is 5.36 Å². The monoisotopic (exact) mass is 267 g/mol. The number of nitro benzene ring substituents is 3. The van der Waals surface area contributed by atoms with Crippen molar-refractivity contribution in [2.24, 2.45) is 9.98 Å². The third-order valence-corrected chi connectivity index (χ3v) is 2.19. The molecule has 0 spiro atoms. The van der Waals surface area contributed by atoms with E-state index in [-0.39, 0.29) is 0 Å². The van der Waals surface area contributed by atoms with Crippen LogP contribution in [-0.2, 0) is 0 Å². The van der Waals surface area contributed by atoms with Crippen LogP contribution in [0.1, 0.15) is 0 Å². The Labute approximate surface area is 101 Å². The van der Waals surface area contributed by atoms with E-state index in [1.165, 1.54) is 0 Å². The van der Waals surface area contributed by atoms with Gasteiger partial charge in [-0.25, -0.2) is 4.79 Å². The van der Waals surface area contributed by atoms with Gasteiger partial charge < -0.3 is 0 Å². The molecule has 0 aromatic heterocycles. The van der Waals surface area contributed by atoms with Crippen LogP contribution in [0.2, 0.25) is 0 Å². The molecule has 0 radical (unpaired) electrons. The van der Waals surface area contributed by atoms with Crippen LogP contribution in [0.25, 0.3) is 0 Å². The number of benzene rings is 1. The van der Waals surface area contributed by atoms with Crippen molar-refractivity contribution in [2.45, 2.75) is 0 Å². The zero-order valence-corrected chi connectivity index (χ0v) is 8.67. The van der Waals surface area contributed by atoms with E-state index in [0.717, 1.165) is 0 Å². The smallest absolute Gasteiger partial charge is 0.258 e. The molecule has 1 aromatic rings. The van der Waals surface area contributed by atoms with Gasteiger partial charge in [0.1, 0.15) is 5.36 Å². The molecule has 0 atom stereocenters. The molecule has 12 heteroatoms. The highest BCUT2D eigenvalue weighted by molar-refractivity contribution is 5.79. The number of fused-ring (bicyclic) bond motifs is 1. The first-order valence-corrected chi connectivity index (χ1v) is 4.44. The SMILES string of the molecule is O=C1N=c2cc([N+](=O)[O-])c([N+](=O)[O-])c([N+](=O)[O-])c2=N1. The number of nitro groups is 3. The summed E-state index contributed by atoms with van der Waals surface area (Å²) in [7, 11) is 0. The van der Waals surface area contributed by atoms with Crippen LogP contribution < -0.4 is 10.7 Å². The molecule has 0 saturated heterocycles. The van der Waals surface area contributed by atoms with Gasteiger partial charge in [-0.3, -0.25) is 30.3 Å². The molecule has 1 aromatic carbocycles. The molecule has 2 rings (SSSR count). The summed E-state index contributed by atoms with van der Waals surface area (Å²) in [6, 6.07) is -0.512. The first-order chi connectivity index (χ1) is 8.82. The second kappa shape index (κ2) is 3.86. The number of nitrogens with zero attached hydrogens (tertiary/aromatic N) is 5. The maximum absolute atomic E-state index is 10.9. The average Bonchev–Trinajstić information content (AvgIpc) is 2.65. The summed E-state index contributed by atoms with van der Waals surface area (Å²) in [6.07, 6.45) is 0. The summed E-state index contributed by atoms with van der Waals surface area (Å²) in [5.74, 6) is 0. The topological polar surface area (TPSA) is 171 Å². The van der Waals surface area contributed by atoms with Crippen molar-refractivity contribution in [3.63, 3.8) is 0 Å². The molecule has 1 heterocycles. The van der Waals surface area contributed by atoms with Crippen molar-refractivity contribution < 1.29 is 19.6 Å². The van der Waals surface area contributed by atoms with Gasteiger partial charge in [0, 0.05) is 0 Å². The number of urea groups is 1. The van der Waals surface area contributed by atoms with Crippen LogP contribution in [0.4, 0.5) is 21.9 Å². The number of carbonyl (C=O) groups is 1. The van der Waals surface area contributed by atoms with Gasteiger partial charge in [0.25, 0.3) is 0 Å². The molecule has 2 amide bonds. The number of hydrogen-bond acceptors (Lipinski definition) is 7. The summed E-state index contributed by atoms with van der Waals surface area (Å²) in [4.78, 5) is 46.0. The van der Waals surface area contributed by atoms with Gasteiger partial charge in [0.05, 0.1) is 20.8 Å². The second-order valence-corrected chi connectivity index (χ2v) is 3.24. The highest BCUT2D eigenvalue weighted by Gasteiger charge is 2.40. The predicted molar refractivity (Wildman–Crippen MR) is 54.1 cm³/mol. The van der Waals surface area contributed by atoms with Crippen molar-refractivity contribution in [2.75, 3.05) is 0 Å². The van der Waals surface area contributed by atoms with Gasteiger partial charge in [0.2, 0.25) is 0 Å². The fourth-order valence-electron chi connectivity index (χ4n) is 1.53. The van der Waals surface area contributed by atoms with Crippen molar-refractivity contribution in [1.29, 1.82) is 0 Å². The molecule has 0 N–H and O–H groups in total. The standard InChI is InChI=1S/C7HN5O7/c13-7-8-2-1-3(10(14)15)5(11(16)17)6(12(18)19)4(2)9-7/h1H. The first kappa shape index (κ1) is 12.2. The molecule has 12 nitrogen and oxygen atoms in total. The average molecular weight is 267 g/mol. The lowest BCUT2D eigenvalue weighted by molar-refractivity contribution is -0.441. The summed E-state index contributed by atoms with van der Waals surface area (Å²) in [6.45, 7) is 0. The summed E-state index contributed by atoms with van der Waals surface area (Å²) >= 11 is 0. The number of rotatable bonds is 3. The van der Waals surface area contributed by atoms with Crippen molar-refractivity contribution in [3.05, 3.63) is 47.1 Å². The maximum Gasteiger partial charge on any atom is 0.424 e. The van der Waals surface area contributed by atoms with E-state index in [1.807, 2.05) is 0 Å². The minimum absolute atomic E-state index is 0.436. The summed E-state index contributed by atoms with van der Waals surface area (Å²) in [5, 5.41) is 31.2. The minimum Gasteiger partial charge on any atom is -0.258 e.